The van der Waals surface area contributed by atoms with E-state index < -0.39 is 0 Å². The molecular formula is C10H15N3. The van der Waals surface area contributed by atoms with Gasteiger partial charge in [-0.3, -0.25) is 0 Å². The van der Waals surface area contributed by atoms with Crippen molar-refractivity contribution in [2.45, 2.75) is 19.9 Å². The number of amidine groups is 1. The molecule has 0 aliphatic carbocycles. The minimum Gasteiger partial charge on any atom is -0.387 e. The summed E-state index contributed by atoms with van der Waals surface area (Å²) in [6.07, 6.45) is 0.771. The van der Waals surface area contributed by atoms with Crippen LogP contribution in [-0.4, -0.2) is 5.84 Å². The number of nitrogens with two attached hydrogens (primary N) is 2. The molecule has 0 unspecified atom stereocenters. The molecule has 0 amide bonds. The number of benzene rings is 1. The van der Waals surface area contributed by atoms with E-state index in [9.17, 15) is 0 Å². The lowest BCUT2D eigenvalue weighted by atomic mass is 10.2. The first-order valence-electron chi connectivity index (χ1n) is 4.38. The molecule has 0 fully saturated rings. The zero-order valence-electron chi connectivity index (χ0n) is 7.83. The second kappa shape index (κ2) is 4.62. The third-order valence-electron chi connectivity index (χ3n) is 1.78. The van der Waals surface area contributed by atoms with Crippen molar-refractivity contribution in [2.24, 2.45) is 16.5 Å². The Morgan fingerprint density at radius 3 is 2.85 bits per heavy atom. The number of nitrogens with zero attached hydrogens (tertiary/aromatic N) is 1. The van der Waals surface area contributed by atoms with Crippen LogP contribution in [0.3, 0.4) is 0 Å². The zero-order chi connectivity index (χ0) is 9.68. The zero-order valence-corrected chi connectivity index (χ0v) is 7.83. The maximum atomic E-state index is 5.62. The van der Waals surface area contributed by atoms with Crippen LogP contribution >= 0.6 is 0 Å². The SMILES string of the molecule is CCC(N)=Nc1cccc(CN)c1. The Balaban J connectivity index is 2.89. The first kappa shape index (κ1) is 9.74. The standard InChI is InChI=1S/C10H15N3/c1-2-10(12)13-9-5-3-4-8(6-9)7-11/h3-6H,2,7,11H2,1H3,(H2,12,13). The quantitative estimate of drug-likeness (QED) is 0.543. The van der Waals surface area contributed by atoms with Crippen molar-refractivity contribution in [1.82, 2.24) is 0 Å². The molecule has 0 aromatic heterocycles. The van der Waals surface area contributed by atoms with Gasteiger partial charge in [0.15, 0.2) is 0 Å². The smallest absolute Gasteiger partial charge is 0.0993 e. The Kier molecular flexibility index (Phi) is 3.46. The van der Waals surface area contributed by atoms with Crippen LogP contribution in [-0.2, 0) is 6.54 Å². The van der Waals surface area contributed by atoms with E-state index in [4.69, 9.17) is 11.5 Å². The molecule has 3 heteroatoms. The second-order valence-electron chi connectivity index (χ2n) is 2.83. The lowest BCUT2D eigenvalue weighted by Gasteiger charge is -1.99. The molecule has 0 heterocycles. The molecule has 0 atom stereocenters. The van der Waals surface area contributed by atoms with Gasteiger partial charge in [-0.15, -0.1) is 0 Å². The topological polar surface area (TPSA) is 64.4 Å². The van der Waals surface area contributed by atoms with E-state index in [1.165, 1.54) is 0 Å². The number of hydrogen-bond donors (Lipinski definition) is 2. The Morgan fingerprint density at radius 1 is 1.46 bits per heavy atom. The van der Waals surface area contributed by atoms with Gasteiger partial charge in [-0.25, -0.2) is 4.99 Å². The van der Waals surface area contributed by atoms with Crippen molar-refractivity contribution in [3.8, 4) is 0 Å². The second-order valence-corrected chi connectivity index (χ2v) is 2.83. The summed E-state index contributed by atoms with van der Waals surface area (Å²) >= 11 is 0. The van der Waals surface area contributed by atoms with Crippen molar-refractivity contribution in [2.75, 3.05) is 0 Å². The summed E-state index contributed by atoms with van der Waals surface area (Å²) in [7, 11) is 0. The van der Waals surface area contributed by atoms with Crippen LogP contribution in [0.25, 0.3) is 0 Å². The van der Waals surface area contributed by atoms with Crippen molar-refractivity contribution in [1.29, 1.82) is 0 Å². The Labute approximate surface area is 78.5 Å². The first-order chi connectivity index (χ1) is 6.26. The summed E-state index contributed by atoms with van der Waals surface area (Å²) in [5.41, 5.74) is 13.1. The summed E-state index contributed by atoms with van der Waals surface area (Å²) in [5, 5.41) is 0. The highest BCUT2D eigenvalue weighted by atomic mass is 14.8. The monoisotopic (exact) mass is 177 g/mol. The molecule has 0 aliphatic heterocycles. The maximum absolute atomic E-state index is 5.62. The first-order valence-corrected chi connectivity index (χ1v) is 4.38. The average molecular weight is 177 g/mol. The molecule has 70 valence electrons. The van der Waals surface area contributed by atoms with Crippen molar-refractivity contribution < 1.29 is 0 Å². The number of hydrogen-bond acceptors (Lipinski definition) is 2. The van der Waals surface area contributed by atoms with Gasteiger partial charge < -0.3 is 11.5 Å². The molecule has 4 N–H and O–H groups in total. The highest BCUT2D eigenvalue weighted by Gasteiger charge is 1.93. The van der Waals surface area contributed by atoms with E-state index in [-0.39, 0.29) is 0 Å². The molecule has 0 bridgehead atoms. The molecular weight excluding hydrogens is 162 g/mol. The molecule has 13 heavy (non-hydrogen) atoms. The van der Waals surface area contributed by atoms with Crippen molar-refractivity contribution >= 4 is 11.5 Å². The lowest BCUT2D eigenvalue weighted by Crippen LogP contribution is -2.08. The van der Waals surface area contributed by atoms with Crippen LogP contribution < -0.4 is 11.5 Å². The van der Waals surface area contributed by atoms with E-state index >= 15 is 0 Å². The largest absolute Gasteiger partial charge is 0.387 e. The molecule has 3 nitrogen and oxygen atoms in total. The van der Waals surface area contributed by atoms with Gasteiger partial charge in [0, 0.05) is 13.0 Å². The van der Waals surface area contributed by atoms with Crippen LogP contribution in [0.2, 0.25) is 0 Å². The molecule has 0 saturated heterocycles. The van der Waals surface area contributed by atoms with Gasteiger partial charge in [-0.1, -0.05) is 19.1 Å². The fourth-order valence-corrected chi connectivity index (χ4v) is 0.998. The Bertz CT molecular complexity index is 305. The summed E-state index contributed by atoms with van der Waals surface area (Å²) in [4.78, 5) is 4.22. The Morgan fingerprint density at radius 2 is 2.23 bits per heavy atom. The average Bonchev–Trinajstić information content (AvgIpc) is 2.18. The van der Waals surface area contributed by atoms with Crippen LogP contribution in [0, 0.1) is 0 Å². The van der Waals surface area contributed by atoms with E-state index in [1.807, 2.05) is 31.2 Å². The maximum Gasteiger partial charge on any atom is 0.0993 e. The van der Waals surface area contributed by atoms with Gasteiger partial charge in [0.25, 0.3) is 0 Å². The molecule has 0 radical (unpaired) electrons. The fourth-order valence-electron chi connectivity index (χ4n) is 0.998. The van der Waals surface area contributed by atoms with Gasteiger partial charge in [0.05, 0.1) is 11.5 Å². The normalized spacial score (nSPS) is 11.7. The third kappa shape index (κ3) is 2.87. The number of aliphatic imine (C=N–C) groups is 1. The summed E-state index contributed by atoms with van der Waals surface area (Å²) in [5.74, 6) is 0.647. The van der Waals surface area contributed by atoms with Crippen LogP contribution in [0.1, 0.15) is 18.9 Å². The van der Waals surface area contributed by atoms with Crippen LogP contribution in [0.15, 0.2) is 29.3 Å². The van der Waals surface area contributed by atoms with Gasteiger partial charge in [0.1, 0.15) is 0 Å². The molecule has 0 spiro atoms. The van der Waals surface area contributed by atoms with E-state index in [0.717, 1.165) is 17.7 Å². The summed E-state index contributed by atoms with van der Waals surface area (Å²) < 4.78 is 0. The van der Waals surface area contributed by atoms with E-state index in [0.29, 0.717) is 12.4 Å². The van der Waals surface area contributed by atoms with Gasteiger partial charge >= 0.3 is 0 Å². The van der Waals surface area contributed by atoms with Crippen molar-refractivity contribution in [3.63, 3.8) is 0 Å². The Hall–Kier alpha value is -1.35. The highest BCUT2D eigenvalue weighted by molar-refractivity contribution is 5.82. The molecule has 1 aromatic rings. The van der Waals surface area contributed by atoms with Crippen LogP contribution in [0.4, 0.5) is 5.69 Å². The summed E-state index contributed by atoms with van der Waals surface area (Å²) in [6.45, 7) is 2.51. The third-order valence-corrected chi connectivity index (χ3v) is 1.78. The highest BCUT2D eigenvalue weighted by Crippen LogP contribution is 2.13. The summed E-state index contributed by atoms with van der Waals surface area (Å²) in [6, 6.07) is 7.77. The van der Waals surface area contributed by atoms with Crippen molar-refractivity contribution in [3.05, 3.63) is 29.8 Å². The molecule has 1 rings (SSSR count). The fraction of sp³-hybridized carbons (Fsp3) is 0.300. The number of rotatable bonds is 3. The van der Waals surface area contributed by atoms with Gasteiger partial charge in [-0.2, -0.15) is 0 Å². The molecule has 0 saturated carbocycles. The minimum atomic E-state index is 0.537. The molecule has 1 aromatic carbocycles. The lowest BCUT2D eigenvalue weighted by molar-refractivity contribution is 1.07. The van der Waals surface area contributed by atoms with E-state index in [1.54, 1.807) is 0 Å². The predicted molar refractivity (Wildman–Crippen MR) is 55.9 cm³/mol. The van der Waals surface area contributed by atoms with Gasteiger partial charge in [-0.05, 0) is 17.7 Å². The molecule has 0 aliphatic rings. The van der Waals surface area contributed by atoms with Crippen LogP contribution in [0.5, 0.6) is 0 Å². The van der Waals surface area contributed by atoms with Gasteiger partial charge in [0.2, 0.25) is 0 Å². The minimum absolute atomic E-state index is 0.537. The predicted octanol–water partition coefficient (Wildman–Crippen LogP) is 1.54. The van der Waals surface area contributed by atoms with E-state index in [2.05, 4.69) is 4.99 Å².